The highest BCUT2D eigenvalue weighted by Gasteiger charge is 2.32. The molecule has 1 atom stereocenters. The van der Waals surface area contributed by atoms with Crippen LogP contribution in [0.3, 0.4) is 0 Å². The number of carbonyl (C=O) groups is 3. The minimum Gasteiger partial charge on any atom is -0.368 e. The van der Waals surface area contributed by atoms with Crippen molar-refractivity contribution in [3.05, 3.63) is 0 Å². The van der Waals surface area contributed by atoms with Gasteiger partial charge in [0, 0.05) is 13.0 Å². The summed E-state index contributed by atoms with van der Waals surface area (Å²) in [6, 6.07) is -0.508. The molecule has 0 radical (unpaired) electrons. The second kappa shape index (κ2) is 5.48. The van der Waals surface area contributed by atoms with Gasteiger partial charge in [-0.25, -0.2) is 0 Å². The summed E-state index contributed by atoms with van der Waals surface area (Å²) in [6.45, 7) is 2.19. The number of hydrogen-bond acceptors (Lipinski definition) is 3. The van der Waals surface area contributed by atoms with Crippen LogP contribution >= 0.6 is 0 Å². The normalized spacial score (nSPS) is 19.6. The van der Waals surface area contributed by atoms with Crippen LogP contribution in [-0.4, -0.2) is 41.8 Å². The van der Waals surface area contributed by atoms with E-state index in [0.717, 1.165) is 6.42 Å². The molecule has 90 valence electrons. The van der Waals surface area contributed by atoms with Gasteiger partial charge in [0.25, 0.3) is 0 Å². The van der Waals surface area contributed by atoms with E-state index in [1.165, 1.54) is 4.90 Å². The van der Waals surface area contributed by atoms with Gasteiger partial charge in [-0.1, -0.05) is 6.92 Å². The van der Waals surface area contributed by atoms with Crippen molar-refractivity contribution < 1.29 is 14.4 Å². The second-order valence-electron chi connectivity index (χ2n) is 3.78. The fraction of sp³-hybridized carbons (Fsp3) is 0.700. The predicted molar refractivity (Wildman–Crippen MR) is 57.2 cm³/mol. The zero-order valence-electron chi connectivity index (χ0n) is 9.36. The maximum atomic E-state index is 11.7. The van der Waals surface area contributed by atoms with Gasteiger partial charge in [0.1, 0.15) is 6.04 Å². The lowest BCUT2D eigenvalue weighted by Crippen LogP contribution is -2.47. The van der Waals surface area contributed by atoms with Crippen molar-refractivity contribution in [1.82, 2.24) is 10.2 Å². The molecule has 1 heterocycles. The highest BCUT2D eigenvalue weighted by atomic mass is 16.2. The largest absolute Gasteiger partial charge is 0.368 e. The highest BCUT2D eigenvalue weighted by Crippen LogP contribution is 2.16. The minimum atomic E-state index is -0.508. The zero-order valence-corrected chi connectivity index (χ0v) is 9.36. The summed E-state index contributed by atoms with van der Waals surface area (Å²) in [5.74, 6) is -0.904. The second-order valence-corrected chi connectivity index (χ2v) is 3.78. The van der Waals surface area contributed by atoms with Crippen molar-refractivity contribution in [3.63, 3.8) is 0 Å². The van der Waals surface area contributed by atoms with E-state index in [1.807, 2.05) is 0 Å². The zero-order chi connectivity index (χ0) is 12.1. The molecule has 0 aromatic heterocycles. The first-order chi connectivity index (χ1) is 7.56. The van der Waals surface area contributed by atoms with Crippen LogP contribution in [0, 0.1) is 0 Å². The maximum Gasteiger partial charge on any atom is 0.242 e. The van der Waals surface area contributed by atoms with Gasteiger partial charge in [-0.2, -0.15) is 0 Å². The lowest BCUT2D eigenvalue weighted by atomic mass is 10.2. The third-order valence-electron chi connectivity index (χ3n) is 2.66. The molecule has 1 rings (SSSR count). The molecule has 16 heavy (non-hydrogen) atoms. The van der Waals surface area contributed by atoms with E-state index < -0.39 is 11.9 Å². The van der Waals surface area contributed by atoms with Gasteiger partial charge in [-0.05, 0) is 12.8 Å². The molecule has 3 amide bonds. The standard InChI is InChI=1S/C10H17N3O3/c1-2-8(14)12-6-9(15)13-5-3-4-7(13)10(11)16/h7H,2-6H2,1H3,(H2,11,16)(H,12,14)/t7-/m0/s1. The van der Waals surface area contributed by atoms with Crippen LogP contribution in [0.4, 0.5) is 0 Å². The number of amides is 3. The molecule has 0 bridgehead atoms. The van der Waals surface area contributed by atoms with E-state index in [9.17, 15) is 14.4 Å². The van der Waals surface area contributed by atoms with E-state index in [4.69, 9.17) is 5.73 Å². The molecular formula is C10H17N3O3. The van der Waals surface area contributed by atoms with Crippen LogP contribution in [0.15, 0.2) is 0 Å². The Morgan fingerprint density at radius 2 is 2.12 bits per heavy atom. The lowest BCUT2D eigenvalue weighted by molar-refractivity contribution is -0.137. The molecule has 0 unspecified atom stereocenters. The van der Waals surface area contributed by atoms with Crippen LogP contribution in [0.1, 0.15) is 26.2 Å². The van der Waals surface area contributed by atoms with Crippen LogP contribution in [-0.2, 0) is 14.4 Å². The summed E-state index contributed by atoms with van der Waals surface area (Å²) < 4.78 is 0. The van der Waals surface area contributed by atoms with E-state index in [0.29, 0.717) is 19.4 Å². The smallest absolute Gasteiger partial charge is 0.242 e. The van der Waals surface area contributed by atoms with Crippen molar-refractivity contribution >= 4 is 17.7 Å². The Balaban J connectivity index is 2.47. The molecule has 0 aromatic carbocycles. The molecule has 3 N–H and O–H groups in total. The van der Waals surface area contributed by atoms with Crippen molar-refractivity contribution in [2.45, 2.75) is 32.2 Å². The summed E-state index contributed by atoms with van der Waals surface area (Å²) in [5, 5.41) is 2.49. The summed E-state index contributed by atoms with van der Waals surface area (Å²) in [4.78, 5) is 35.2. The lowest BCUT2D eigenvalue weighted by Gasteiger charge is -2.22. The molecule has 0 spiro atoms. The van der Waals surface area contributed by atoms with Gasteiger partial charge in [0.2, 0.25) is 17.7 Å². The first-order valence-electron chi connectivity index (χ1n) is 5.41. The average Bonchev–Trinajstić information content (AvgIpc) is 2.74. The first-order valence-corrected chi connectivity index (χ1v) is 5.41. The molecule has 1 fully saturated rings. The Bertz CT molecular complexity index is 304. The quantitative estimate of drug-likeness (QED) is 0.644. The third kappa shape index (κ3) is 2.95. The SMILES string of the molecule is CCC(=O)NCC(=O)N1CCC[C@H]1C(N)=O. The Morgan fingerprint density at radius 1 is 1.44 bits per heavy atom. The number of primary amides is 1. The van der Waals surface area contributed by atoms with Gasteiger partial charge in [0.05, 0.1) is 6.54 Å². The van der Waals surface area contributed by atoms with Crippen LogP contribution in [0.5, 0.6) is 0 Å². The van der Waals surface area contributed by atoms with Crippen LogP contribution < -0.4 is 11.1 Å². The number of likely N-dealkylation sites (tertiary alicyclic amines) is 1. The Morgan fingerprint density at radius 3 is 2.69 bits per heavy atom. The van der Waals surface area contributed by atoms with Crippen LogP contribution in [0.2, 0.25) is 0 Å². The average molecular weight is 227 g/mol. The van der Waals surface area contributed by atoms with E-state index in [2.05, 4.69) is 5.32 Å². The molecule has 1 aliphatic heterocycles. The fourth-order valence-corrected chi connectivity index (χ4v) is 1.76. The monoisotopic (exact) mass is 227 g/mol. The Labute approximate surface area is 94.2 Å². The highest BCUT2D eigenvalue weighted by molar-refractivity contribution is 5.89. The summed E-state index contributed by atoms with van der Waals surface area (Å²) in [7, 11) is 0. The fourth-order valence-electron chi connectivity index (χ4n) is 1.76. The van der Waals surface area contributed by atoms with Gasteiger partial charge in [-0.3, -0.25) is 14.4 Å². The Hall–Kier alpha value is -1.59. The van der Waals surface area contributed by atoms with Crippen molar-refractivity contribution in [2.24, 2.45) is 5.73 Å². The van der Waals surface area contributed by atoms with Gasteiger partial charge in [0.15, 0.2) is 0 Å². The summed E-state index contributed by atoms with van der Waals surface area (Å²) in [6.07, 6.45) is 1.73. The molecular weight excluding hydrogens is 210 g/mol. The number of carbonyl (C=O) groups excluding carboxylic acids is 3. The van der Waals surface area contributed by atoms with Crippen molar-refractivity contribution in [2.75, 3.05) is 13.1 Å². The molecule has 0 aromatic rings. The molecule has 1 saturated heterocycles. The van der Waals surface area contributed by atoms with Gasteiger partial charge < -0.3 is 16.0 Å². The Kier molecular flexibility index (Phi) is 4.28. The van der Waals surface area contributed by atoms with Crippen LogP contribution in [0.25, 0.3) is 0 Å². The van der Waals surface area contributed by atoms with Gasteiger partial charge >= 0.3 is 0 Å². The summed E-state index contributed by atoms with van der Waals surface area (Å²) >= 11 is 0. The minimum absolute atomic E-state index is 0.0591. The van der Waals surface area contributed by atoms with E-state index >= 15 is 0 Å². The number of nitrogens with two attached hydrogens (primary N) is 1. The first kappa shape index (κ1) is 12.5. The number of hydrogen-bond donors (Lipinski definition) is 2. The summed E-state index contributed by atoms with van der Waals surface area (Å²) in [5.41, 5.74) is 5.19. The number of nitrogens with one attached hydrogen (secondary N) is 1. The number of nitrogens with zero attached hydrogens (tertiary/aromatic N) is 1. The maximum absolute atomic E-state index is 11.7. The van der Waals surface area contributed by atoms with E-state index in [-0.39, 0.29) is 18.4 Å². The predicted octanol–water partition coefficient (Wildman–Crippen LogP) is -1.01. The third-order valence-corrected chi connectivity index (χ3v) is 2.66. The van der Waals surface area contributed by atoms with Crippen molar-refractivity contribution in [3.8, 4) is 0 Å². The van der Waals surface area contributed by atoms with Crippen molar-refractivity contribution in [1.29, 1.82) is 0 Å². The number of rotatable bonds is 4. The molecule has 1 aliphatic rings. The molecule has 0 aliphatic carbocycles. The molecule has 6 heteroatoms. The van der Waals surface area contributed by atoms with Gasteiger partial charge in [-0.15, -0.1) is 0 Å². The topological polar surface area (TPSA) is 92.5 Å². The van der Waals surface area contributed by atoms with E-state index in [1.54, 1.807) is 6.92 Å². The molecule has 6 nitrogen and oxygen atoms in total. The molecule has 0 saturated carbocycles.